The van der Waals surface area contributed by atoms with E-state index in [2.05, 4.69) is 55.8 Å². The molecule has 0 bridgehead atoms. The molecule has 0 aliphatic rings. The molecule has 1 aromatic rings. The third-order valence-corrected chi connectivity index (χ3v) is 1.96. The molecule has 0 saturated heterocycles. The topological polar surface area (TPSA) is 0 Å². The van der Waals surface area contributed by atoms with Crippen molar-refractivity contribution in [2.75, 3.05) is 0 Å². The van der Waals surface area contributed by atoms with Crippen LogP contribution in [0.4, 0.5) is 0 Å². The Hall–Kier alpha value is -0.183. The molecule has 0 fully saturated rings. The summed E-state index contributed by atoms with van der Waals surface area (Å²) < 4.78 is 0. The Morgan fingerprint density at radius 2 is 1.54 bits per heavy atom. The van der Waals surface area contributed by atoms with Crippen LogP contribution < -0.4 is 0 Å². The summed E-state index contributed by atoms with van der Waals surface area (Å²) in [6.07, 6.45) is 4.08. The van der Waals surface area contributed by atoms with Crippen molar-refractivity contribution in [1.29, 1.82) is 0 Å². The minimum atomic E-state index is 1.14. The van der Waals surface area contributed by atoms with Crippen LogP contribution in [0.2, 0.25) is 0 Å². The van der Waals surface area contributed by atoms with Gasteiger partial charge in [0.25, 0.3) is 0 Å². The molecule has 0 N–H and O–H groups in total. The SMILES string of the molecule is CCCCC.[Li][CH2]c1ccccc1. The van der Waals surface area contributed by atoms with Gasteiger partial charge in [-0.2, -0.15) is 0 Å². The Bertz CT molecular complexity index is 180. The molecule has 0 aromatic heterocycles. The summed E-state index contributed by atoms with van der Waals surface area (Å²) in [4.78, 5) is 0. The van der Waals surface area contributed by atoms with E-state index in [1.807, 2.05) is 6.07 Å². The van der Waals surface area contributed by atoms with Gasteiger partial charge in [-0.25, -0.2) is 0 Å². The molecule has 0 radical (unpaired) electrons. The van der Waals surface area contributed by atoms with Gasteiger partial charge in [-0.15, -0.1) is 0 Å². The third-order valence-electron chi connectivity index (χ3n) is 1.96. The van der Waals surface area contributed by atoms with E-state index in [0.717, 1.165) is 5.09 Å². The van der Waals surface area contributed by atoms with Gasteiger partial charge in [-0.05, 0) is 0 Å². The van der Waals surface area contributed by atoms with E-state index in [0.29, 0.717) is 0 Å². The second kappa shape index (κ2) is 9.90. The molecule has 68 valence electrons. The summed E-state index contributed by atoms with van der Waals surface area (Å²) in [6.45, 7) is 4.42. The fourth-order valence-corrected chi connectivity index (χ4v) is 1.07. The van der Waals surface area contributed by atoms with Gasteiger partial charge in [0.1, 0.15) is 0 Å². The van der Waals surface area contributed by atoms with Gasteiger partial charge >= 0.3 is 58.7 Å². The van der Waals surface area contributed by atoms with Gasteiger partial charge in [0, 0.05) is 0 Å². The Labute approximate surface area is 91.9 Å². The predicted molar refractivity (Wildman–Crippen MR) is 61.1 cm³/mol. The summed E-state index contributed by atoms with van der Waals surface area (Å²) in [5.41, 5.74) is 1.41. The van der Waals surface area contributed by atoms with E-state index >= 15 is 0 Å². The van der Waals surface area contributed by atoms with E-state index in [4.69, 9.17) is 0 Å². The Morgan fingerprint density at radius 3 is 1.77 bits per heavy atom. The van der Waals surface area contributed by atoms with Crippen molar-refractivity contribution in [3.05, 3.63) is 35.9 Å². The summed E-state index contributed by atoms with van der Waals surface area (Å²) in [5, 5.41) is 1.14. The van der Waals surface area contributed by atoms with Crippen molar-refractivity contribution in [3.8, 4) is 0 Å². The predicted octanol–water partition coefficient (Wildman–Crippen LogP) is 3.55. The number of hydrogen-bond donors (Lipinski definition) is 0. The first-order valence-electron chi connectivity index (χ1n) is 5.39. The normalized spacial score (nSPS) is 8.92. The van der Waals surface area contributed by atoms with E-state index in [1.54, 1.807) is 0 Å². The standard InChI is InChI=1S/C7H7.C5H12.Li/c1-7-5-3-2-4-6-7;1-3-5-4-2;/h2-6H,1H2;3-5H2,1-2H3;. The quantitative estimate of drug-likeness (QED) is 0.608. The van der Waals surface area contributed by atoms with Crippen molar-refractivity contribution >= 4 is 17.7 Å². The van der Waals surface area contributed by atoms with Crippen molar-refractivity contribution in [2.24, 2.45) is 0 Å². The third kappa shape index (κ3) is 8.16. The molecule has 0 saturated carbocycles. The van der Waals surface area contributed by atoms with Crippen molar-refractivity contribution in [1.82, 2.24) is 0 Å². The summed E-state index contributed by atoms with van der Waals surface area (Å²) in [6, 6.07) is 10.5. The number of rotatable bonds is 3. The summed E-state index contributed by atoms with van der Waals surface area (Å²) >= 11 is 2.16. The average Bonchev–Trinajstić information content (AvgIpc) is 2.21. The number of benzene rings is 1. The first kappa shape index (κ1) is 12.8. The average molecular weight is 170 g/mol. The van der Waals surface area contributed by atoms with Crippen LogP contribution in [0.5, 0.6) is 0 Å². The Kier molecular flexibility index (Phi) is 9.76. The van der Waals surface area contributed by atoms with E-state index < -0.39 is 0 Å². The van der Waals surface area contributed by atoms with Gasteiger partial charge in [0.05, 0.1) is 0 Å². The molecular weight excluding hydrogens is 151 g/mol. The van der Waals surface area contributed by atoms with Gasteiger partial charge in [-0.3, -0.25) is 0 Å². The van der Waals surface area contributed by atoms with Crippen molar-refractivity contribution in [2.45, 2.75) is 38.2 Å². The molecule has 1 heteroatoms. The molecule has 0 nitrogen and oxygen atoms in total. The van der Waals surface area contributed by atoms with Crippen LogP contribution in [0.25, 0.3) is 0 Å². The van der Waals surface area contributed by atoms with Crippen LogP contribution in [0, 0.1) is 0 Å². The van der Waals surface area contributed by atoms with E-state index in [9.17, 15) is 0 Å². The Balaban J connectivity index is 0.000000252. The van der Waals surface area contributed by atoms with E-state index in [-0.39, 0.29) is 0 Å². The molecule has 13 heavy (non-hydrogen) atoms. The monoisotopic (exact) mass is 170 g/mol. The molecule has 0 aliphatic heterocycles. The molecule has 1 aromatic carbocycles. The first-order chi connectivity index (χ1) is 6.35. The molecule has 0 amide bonds. The van der Waals surface area contributed by atoms with Crippen LogP contribution in [-0.2, 0) is 5.09 Å². The van der Waals surface area contributed by atoms with Crippen LogP contribution >= 0.6 is 0 Å². The zero-order chi connectivity index (χ0) is 9.94. The van der Waals surface area contributed by atoms with Crippen LogP contribution in [0.1, 0.15) is 38.7 Å². The first-order valence-corrected chi connectivity index (χ1v) is 5.39. The zero-order valence-corrected chi connectivity index (χ0v) is 9.22. The molecule has 1 rings (SSSR count). The van der Waals surface area contributed by atoms with Gasteiger partial charge in [0.15, 0.2) is 0 Å². The van der Waals surface area contributed by atoms with Gasteiger partial charge in [-0.1, -0.05) is 33.1 Å². The Morgan fingerprint density at radius 1 is 1.00 bits per heavy atom. The molecular formula is C12H19Li. The van der Waals surface area contributed by atoms with Crippen LogP contribution in [0.15, 0.2) is 30.3 Å². The maximum atomic E-state index is 2.21. The molecule has 0 atom stereocenters. The van der Waals surface area contributed by atoms with E-state index in [1.165, 1.54) is 24.8 Å². The minimum absolute atomic E-state index is 1.14. The summed E-state index contributed by atoms with van der Waals surface area (Å²) in [7, 11) is 0. The number of unbranched alkanes of at least 4 members (excludes halogenated alkanes) is 2. The van der Waals surface area contributed by atoms with Crippen molar-refractivity contribution in [3.63, 3.8) is 0 Å². The molecule has 0 aliphatic carbocycles. The van der Waals surface area contributed by atoms with Gasteiger partial charge < -0.3 is 0 Å². The zero-order valence-electron chi connectivity index (χ0n) is 9.22. The molecule has 0 unspecified atom stereocenters. The molecule has 0 heterocycles. The summed E-state index contributed by atoms with van der Waals surface area (Å²) in [5.74, 6) is 0. The molecule has 0 spiro atoms. The maximum absolute atomic E-state index is 2.21. The van der Waals surface area contributed by atoms with Gasteiger partial charge in [0.2, 0.25) is 0 Å². The second-order valence-corrected chi connectivity index (χ2v) is 3.19. The van der Waals surface area contributed by atoms with Crippen LogP contribution in [0.3, 0.4) is 0 Å². The second-order valence-electron chi connectivity index (χ2n) is 3.19. The number of hydrogen-bond acceptors (Lipinski definition) is 0. The van der Waals surface area contributed by atoms with Crippen LogP contribution in [-0.4, -0.2) is 17.7 Å². The fourth-order valence-electron chi connectivity index (χ4n) is 1.07. The van der Waals surface area contributed by atoms with Crippen molar-refractivity contribution < 1.29 is 0 Å². The fraction of sp³-hybridized carbons (Fsp3) is 0.500.